The van der Waals surface area contributed by atoms with Crippen molar-refractivity contribution in [1.82, 2.24) is 4.72 Å². The van der Waals surface area contributed by atoms with E-state index >= 15 is 0 Å². The molecular weight excluding hydrogens is 341 g/mol. The van der Waals surface area contributed by atoms with Crippen LogP contribution in [0, 0.1) is 18.7 Å². The number of aromatic carboxylic acids is 1. The smallest absolute Gasteiger partial charge is 0.338 e. The van der Waals surface area contributed by atoms with Crippen LogP contribution in [0.1, 0.15) is 22.3 Å². The van der Waals surface area contributed by atoms with Gasteiger partial charge in [-0.2, -0.15) is 0 Å². The molecule has 1 heterocycles. The zero-order valence-corrected chi connectivity index (χ0v) is 14.2. The monoisotopic (exact) mass is 361 g/mol. The van der Waals surface area contributed by atoms with Crippen LogP contribution in [0.25, 0.3) is 0 Å². The van der Waals surface area contributed by atoms with Crippen molar-refractivity contribution in [1.29, 1.82) is 0 Å². The Bertz CT molecular complexity index is 721. The van der Waals surface area contributed by atoms with E-state index in [4.69, 9.17) is 14.6 Å². The fourth-order valence-corrected chi connectivity index (χ4v) is 3.91. The Morgan fingerprint density at radius 2 is 2.21 bits per heavy atom. The predicted octanol–water partition coefficient (Wildman–Crippen LogP) is 1.16. The highest BCUT2D eigenvalue weighted by Gasteiger charge is 2.29. The summed E-state index contributed by atoms with van der Waals surface area (Å²) in [6.45, 7) is 2.42. The third kappa shape index (κ3) is 4.10. The highest BCUT2D eigenvalue weighted by atomic mass is 32.2. The molecule has 2 N–H and O–H groups in total. The van der Waals surface area contributed by atoms with Crippen LogP contribution < -0.4 is 4.72 Å². The van der Waals surface area contributed by atoms with Crippen LogP contribution in [0.5, 0.6) is 0 Å². The van der Waals surface area contributed by atoms with E-state index in [0.29, 0.717) is 25.2 Å². The molecule has 0 aliphatic carbocycles. The molecule has 0 saturated carbocycles. The maximum absolute atomic E-state index is 14.3. The van der Waals surface area contributed by atoms with E-state index in [-0.39, 0.29) is 18.6 Å². The van der Waals surface area contributed by atoms with Gasteiger partial charge in [0.25, 0.3) is 0 Å². The minimum absolute atomic E-state index is 0.0555. The fraction of sp³-hybridized carbons (Fsp3) is 0.533. The van der Waals surface area contributed by atoms with Gasteiger partial charge in [0.2, 0.25) is 10.0 Å². The van der Waals surface area contributed by atoms with E-state index < -0.39 is 32.3 Å². The summed E-state index contributed by atoms with van der Waals surface area (Å²) in [7, 11) is -2.67. The molecule has 1 aliphatic rings. The molecule has 2 rings (SSSR count). The maximum atomic E-state index is 14.3. The van der Waals surface area contributed by atoms with Gasteiger partial charge in [-0.15, -0.1) is 0 Å². The Morgan fingerprint density at radius 3 is 2.83 bits per heavy atom. The molecule has 1 aromatic rings. The number of rotatable bonds is 6. The first-order valence-electron chi connectivity index (χ1n) is 7.40. The van der Waals surface area contributed by atoms with Crippen molar-refractivity contribution >= 4 is 16.0 Å². The fourth-order valence-electron chi connectivity index (χ4n) is 2.63. The molecule has 2 atom stereocenters. The Kier molecular flexibility index (Phi) is 5.92. The second-order valence-corrected chi connectivity index (χ2v) is 7.41. The molecule has 0 aromatic heterocycles. The Balaban J connectivity index is 2.23. The normalized spacial score (nSPS) is 21.6. The topological polar surface area (TPSA) is 102 Å². The molecule has 1 saturated heterocycles. The highest BCUT2D eigenvalue weighted by Crippen LogP contribution is 2.22. The number of carboxylic acid groups (broad SMARTS) is 1. The minimum Gasteiger partial charge on any atom is -0.478 e. The first kappa shape index (κ1) is 18.8. The van der Waals surface area contributed by atoms with Gasteiger partial charge in [0.05, 0.1) is 18.3 Å². The third-order valence-electron chi connectivity index (χ3n) is 3.98. The molecule has 0 spiro atoms. The van der Waals surface area contributed by atoms with Crippen molar-refractivity contribution < 1.29 is 32.2 Å². The van der Waals surface area contributed by atoms with E-state index in [1.807, 2.05) is 0 Å². The van der Waals surface area contributed by atoms with E-state index in [0.717, 1.165) is 12.1 Å². The van der Waals surface area contributed by atoms with Gasteiger partial charge in [-0.3, -0.25) is 0 Å². The quantitative estimate of drug-likeness (QED) is 0.788. The molecule has 7 nitrogen and oxygen atoms in total. The van der Waals surface area contributed by atoms with E-state index in [1.165, 1.54) is 14.0 Å². The third-order valence-corrected chi connectivity index (χ3v) is 5.41. The number of nitrogens with one attached hydrogen (secondary N) is 1. The van der Waals surface area contributed by atoms with Crippen LogP contribution in [-0.4, -0.2) is 52.5 Å². The lowest BCUT2D eigenvalue weighted by Gasteiger charge is -2.30. The van der Waals surface area contributed by atoms with Crippen molar-refractivity contribution in [2.24, 2.45) is 5.92 Å². The van der Waals surface area contributed by atoms with E-state index in [2.05, 4.69) is 4.72 Å². The van der Waals surface area contributed by atoms with Crippen LogP contribution in [0.4, 0.5) is 4.39 Å². The van der Waals surface area contributed by atoms with Crippen molar-refractivity contribution in [2.45, 2.75) is 24.3 Å². The maximum Gasteiger partial charge on any atom is 0.338 e. The van der Waals surface area contributed by atoms with Gasteiger partial charge in [-0.05, 0) is 31.0 Å². The van der Waals surface area contributed by atoms with Crippen LogP contribution >= 0.6 is 0 Å². The molecular formula is C15H20FNO6S. The number of sulfonamides is 1. The summed E-state index contributed by atoms with van der Waals surface area (Å²) < 4.78 is 51.9. The first-order chi connectivity index (χ1) is 11.3. The summed E-state index contributed by atoms with van der Waals surface area (Å²) in [5.74, 6) is -2.89. The predicted molar refractivity (Wildman–Crippen MR) is 83.0 cm³/mol. The van der Waals surface area contributed by atoms with Gasteiger partial charge in [0, 0.05) is 26.2 Å². The molecule has 0 amide bonds. The van der Waals surface area contributed by atoms with Gasteiger partial charge >= 0.3 is 5.97 Å². The van der Waals surface area contributed by atoms with E-state index in [1.54, 1.807) is 0 Å². The Morgan fingerprint density at radius 1 is 1.50 bits per heavy atom. The molecule has 24 heavy (non-hydrogen) atoms. The molecule has 1 fully saturated rings. The molecule has 0 radical (unpaired) electrons. The lowest BCUT2D eigenvalue weighted by molar-refractivity contribution is -0.0633. The van der Waals surface area contributed by atoms with Gasteiger partial charge in [0.15, 0.2) is 5.82 Å². The number of hydrogen-bond acceptors (Lipinski definition) is 5. The van der Waals surface area contributed by atoms with Crippen molar-refractivity contribution in [3.05, 3.63) is 29.1 Å². The second-order valence-electron chi connectivity index (χ2n) is 5.68. The number of aryl methyl sites for hydroxylation is 1. The van der Waals surface area contributed by atoms with Gasteiger partial charge < -0.3 is 14.6 Å². The van der Waals surface area contributed by atoms with Gasteiger partial charge in [0.1, 0.15) is 4.90 Å². The second kappa shape index (κ2) is 7.56. The van der Waals surface area contributed by atoms with Gasteiger partial charge in [-0.1, -0.05) is 0 Å². The number of methoxy groups -OCH3 is 1. The molecule has 9 heteroatoms. The molecule has 134 valence electrons. The Hall–Kier alpha value is -1.55. The lowest BCUT2D eigenvalue weighted by Crippen LogP contribution is -2.41. The molecule has 1 aromatic carbocycles. The lowest BCUT2D eigenvalue weighted by atomic mass is 9.98. The summed E-state index contributed by atoms with van der Waals surface area (Å²) in [5, 5.41) is 9.00. The summed E-state index contributed by atoms with van der Waals surface area (Å²) in [6, 6.07) is 2.21. The largest absolute Gasteiger partial charge is 0.478 e. The van der Waals surface area contributed by atoms with Crippen molar-refractivity contribution in [2.75, 3.05) is 26.9 Å². The first-order valence-corrected chi connectivity index (χ1v) is 8.88. The molecule has 2 unspecified atom stereocenters. The average molecular weight is 361 g/mol. The number of halogens is 1. The summed E-state index contributed by atoms with van der Waals surface area (Å²) in [6.07, 6.45) is 0.357. The number of hydrogen-bond donors (Lipinski definition) is 2. The van der Waals surface area contributed by atoms with Crippen molar-refractivity contribution in [3.63, 3.8) is 0 Å². The van der Waals surface area contributed by atoms with Crippen LogP contribution in [0.15, 0.2) is 17.0 Å². The number of ether oxygens (including phenoxy) is 2. The zero-order valence-electron chi connectivity index (χ0n) is 13.4. The van der Waals surface area contributed by atoms with Crippen LogP contribution in [0.3, 0.4) is 0 Å². The van der Waals surface area contributed by atoms with Gasteiger partial charge in [-0.25, -0.2) is 22.3 Å². The van der Waals surface area contributed by atoms with Crippen LogP contribution in [0.2, 0.25) is 0 Å². The highest BCUT2D eigenvalue weighted by molar-refractivity contribution is 7.89. The number of carbonyl (C=O) groups is 1. The minimum atomic E-state index is -4.19. The number of benzene rings is 1. The molecule has 1 aliphatic heterocycles. The summed E-state index contributed by atoms with van der Waals surface area (Å²) >= 11 is 0. The number of carboxylic acids is 1. The SMILES string of the molecule is COC1COCCC1CNS(=O)(=O)c1cc(C)cc(C(=O)O)c1F. The molecule has 0 bridgehead atoms. The van der Waals surface area contributed by atoms with Crippen LogP contribution in [-0.2, 0) is 19.5 Å². The summed E-state index contributed by atoms with van der Waals surface area (Å²) in [5.41, 5.74) is -0.328. The van der Waals surface area contributed by atoms with Crippen molar-refractivity contribution in [3.8, 4) is 0 Å². The Labute approximate surface area is 139 Å². The summed E-state index contributed by atoms with van der Waals surface area (Å²) in [4.78, 5) is 10.4. The zero-order chi connectivity index (χ0) is 17.9. The standard InChI is InChI=1S/C15H20FNO6S/c1-9-5-11(15(18)19)14(16)13(6-9)24(20,21)17-7-10-3-4-23-8-12(10)22-2/h5-6,10,12,17H,3-4,7-8H2,1-2H3,(H,18,19). The van der Waals surface area contributed by atoms with E-state index in [9.17, 15) is 17.6 Å². The average Bonchev–Trinajstić information content (AvgIpc) is 2.54.